The van der Waals surface area contributed by atoms with E-state index >= 15 is 0 Å². The first kappa shape index (κ1) is 14.9. The smallest absolute Gasteiger partial charge is 0.489 e. The summed E-state index contributed by atoms with van der Waals surface area (Å²) in [5, 5.41) is 0. The lowest BCUT2D eigenvalue weighted by Gasteiger charge is -2.10. The van der Waals surface area contributed by atoms with Gasteiger partial charge in [0.1, 0.15) is 24.4 Å². The van der Waals surface area contributed by atoms with Gasteiger partial charge in [-0.2, -0.15) is 0 Å². The summed E-state index contributed by atoms with van der Waals surface area (Å²) in [6.07, 6.45) is -3.97. The van der Waals surface area contributed by atoms with Gasteiger partial charge in [0, 0.05) is 5.56 Å². The van der Waals surface area contributed by atoms with E-state index in [1.54, 1.807) is 24.3 Å². The lowest BCUT2D eigenvalue weighted by Crippen LogP contribution is -2.16. The highest BCUT2D eigenvalue weighted by molar-refractivity contribution is 5.74. The fourth-order valence-electron chi connectivity index (χ4n) is 1.60. The molecule has 0 radical (unpaired) electrons. The Morgan fingerprint density at radius 3 is 2.00 bits per heavy atom. The third-order valence-electron chi connectivity index (χ3n) is 2.58. The molecule has 0 N–H and O–H groups in total. The molecule has 0 heterocycles. The minimum atomic E-state index is -4.71. The Bertz CT molecular complexity index is 589. The molecule has 0 saturated carbocycles. The molecule has 0 atom stereocenters. The zero-order chi connectivity index (χ0) is 15.3. The van der Waals surface area contributed by atoms with E-state index in [0.29, 0.717) is 11.3 Å². The molecule has 0 amide bonds. The van der Waals surface area contributed by atoms with Crippen LogP contribution in [0.25, 0.3) is 0 Å². The molecule has 0 aromatic heterocycles. The summed E-state index contributed by atoms with van der Waals surface area (Å²) < 4.78 is 45.2. The van der Waals surface area contributed by atoms with Gasteiger partial charge in [0.25, 0.3) is 0 Å². The van der Waals surface area contributed by atoms with Gasteiger partial charge in [-0.15, -0.1) is 13.2 Å². The van der Waals surface area contributed by atoms with Gasteiger partial charge in [0.2, 0.25) is 0 Å². The fourth-order valence-corrected chi connectivity index (χ4v) is 1.60. The van der Waals surface area contributed by atoms with Crippen LogP contribution in [0.15, 0.2) is 48.5 Å². The number of hydrogen-bond acceptors (Lipinski definition) is 3. The van der Waals surface area contributed by atoms with Crippen LogP contribution in [0.4, 0.5) is 13.2 Å². The number of ether oxygens (including phenoxy) is 2. The van der Waals surface area contributed by atoms with Gasteiger partial charge in [-0.3, -0.25) is 4.79 Å². The van der Waals surface area contributed by atoms with Crippen LogP contribution in [0.3, 0.4) is 0 Å². The second-order valence-corrected chi connectivity index (χ2v) is 4.17. The quantitative estimate of drug-likeness (QED) is 0.783. The molecule has 0 aliphatic heterocycles. The fraction of sp³-hybridized carbons (Fsp3) is 0.133. The first-order valence-electron chi connectivity index (χ1n) is 5.99. The number of alkyl halides is 3. The molecule has 0 aliphatic rings. The standard InChI is InChI=1S/C15H11F3O3/c16-15(17,18)21-14-7-5-13(6-8-14)20-10-12-3-1-11(9-19)2-4-12/h1-9H,10H2. The van der Waals surface area contributed by atoms with Crippen molar-refractivity contribution in [1.82, 2.24) is 0 Å². The Morgan fingerprint density at radius 2 is 1.48 bits per heavy atom. The summed E-state index contributed by atoms with van der Waals surface area (Å²) in [6, 6.07) is 11.9. The van der Waals surface area contributed by atoms with E-state index in [1.807, 2.05) is 0 Å². The molecule has 21 heavy (non-hydrogen) atoms. The summed E-state index contributed by atoms with van der Waals surface area (Å²) in [4.78, 5) is 10.5. The maximum atomic E-state index is 12.0. The van der Waals surface area contributed by atoms with Gasteiger partial charge in [-0.05, 0) is 29.8 Å². The van der Waals surface area contributed by atoms with E-state index in [2.05, 4.69) is 4.74 Å². The van der Waals surface area contributed by atoms with Crippen LogP contribution in [0.5, 0.6) is 11.5 Å². The molecular weight excluding hydrogens is 285 g/mol. The highest BCUT2D eigenvalue weighted by Gasteiger charge is 2.30. The molecule has 0 aliphatic carbocycles. The van der Waals surface area contributed by atoms with E-state index in [9.17, 15) is 18.0 Å². The number of carbonyl (C=O) groups excluding carboxylic acids is 1. The SMILES string of the molecule is O=Cc1ccc(COc2ccc(OC(F)(F)F)cc2)cc1. The Morgan fingerprint density at radius 1 is 0.905 bits per heavy atom. The number of benzene rings is 2. The van der Waals surface area contributed by atoms with Gasteiger partial charge in [0.05, 0.1) is 0 Å². The van der Waals surface area contributed by atoms with Gasteiger partial charge in [-0.1, -0.05) is 24.3 Å². The van der Waals surface area contributed by atoms with Gasteiger partial charge >= 0.3 is 6.36 Å². The van der Waals surface area contributed by atoms with E-state index < -0.39 is 6.36 Å². The molecular formula is C15H11F3O3. The monoisotopic (exact) mass is 296 g/mol. The van der Waals surface area contributed by atoms with Crippen molar-refractivity contribution in [3.8, 4) is 11.5 Å². The molecule has 2 aromatic rings. The summed E-state index contributed by atoms with van der Waals surface area (Å²) in [6.45, 7) is 0.249. The number of rotatable bonds is 5. The second-order valence-electron chi connectivity index (χ2n) is 4.17. The predicted octanol–water partition coefficient (Wildman–Crippen LogP) is 3.98. The Labute approximate surface area is 118 Å². The molecule has 2 aromatic carbocycles. The Hall–Kier alpha value is -2.50. The molecule has 6 heteroatoms. The minimum absolute atomic E-state index is 0.249. The second kappa shape index (κ2) is 6.30. The molecule has 3 nitrogen and oxygen atoms in total. The van der Waals surface area contributed by atoms with Gasteiger partial charge < -0.3 is 9.47 Å². The van der Waals surface area contributed by atoms with Crippen LogP contribution in [-0.4, -0.2) is 12.6 Å². The van der Waals surface area contributed by atoms with Crippen LogP contribution in [0.1, 0.15) is 15.9 Å². The van der Waals surface area contributed by atoms with Crippen molar-refractivity contribution < 1.29 is 27.4 Å². The first-order valence-corrected chi connectivity index (χ1v) is 5.99. The van der Waals surface area contributed by atoms with Crippen LogP contribution in [0, 0.1) is 0 Å². The van der Waals surface area contributed by atoms with E-state index in [0.717, 1.165) is 11.8 Å². The third-order valence-corrected chi connectivity index (χ3v) is 2.58. The molecule has 0 bridgehead atoms. The Balaban J connectivity index is 1.92. The van der Waals surface area contributed by atoms with E-state index in [1.165, 1.54) is 24.3 Å². The normalized spacial score (nSPS) is 11.0. The lowest BCUT2D eigenvalue weighted by molar-refractivity contribution is -0.274. The number of aldehydes is 1. The molecule has 2 rings (SSSR count). The number of carbonyl (C=O) groups is 1. The van der Waals surface area contributed by atoms with Crippen molar-refractivity contribution in [2.75, 3.05) is 0 Å². The molecule has 110 valence electrons. The molecule has 0 unspecified atom stereocenters. The highest BCUT2D eigenvalue weighted by atomic mass is 19.4. The Kier molecular flexibility index (Phi) is 4.47. The predicted molar refractivity (Wildman–Crippen MR) is 69.3 cm³/mol. The largest absolute Gasteiger partial charge is 0.573 e. The van der Waals surface area contributed by atoms with E-state index in [4.69, 9.17) is 4.74 Å². The van der Waals surface area contributed by atoms with Crippen molar-refractivity contribution in [3.63, 3.8) is 0 Å². The minimum Gasteiger partial charge on any atom is -0.489 e. The maximum Gasteiger partial charge on any atom is 0.573 e. The van der Waals surface area contributed by atoms with Crippen LogP contribution in [0.2, 0.25) is 0 Å². The van der Waals surface area contributed by atoms with Crippen molar-refractivity contribution in [2.45, 2.75) is 13.0 Å². The third kappa shape index (κ3) is 4.83. The topological polar surface area (TPSA) is 35.5 Å². The van der Waals surface area contributed by atoms with Crippen LogP contribution in [-0.2, 0) is 6.61 Å². The van der Waals surface area contributed by atoms with E-state index in [-0.39, 0.29) is 12.4 Å². The molecule has 0 fully saturated rings. The van der Waals surface area contributed by atoms with Crippen LogP contribution >= 0.6 is 0 Å². The van der Waals surface area contributed by atoms with Crippen LogP contribution < -0.4 is 9.47 Å². The summed E-state index contributed by atoms with van der Waals surface area (Å²) in [5.74, 6) is 0.120. The summed E-state index contributed by atoms with van der Waals surface area (Å²) in [5.41, 5.74) is 1.41. The summed E-state index contributed by atoms with van der Waals surface area (Å²) in [7, 11) is 0. The number of halogens is 3. The average Bonchev–Trinajstić information content (AvgIpc) is 2.45. The summed E-state index contributed by atoms with van der Waals surface area (Å²) >= 11 is 0. The molecule has 0 saturated heterocycles. The molecule has 0 spiro atoms. The maximum absolute atomic E-state index is 12.0. The zero-order valence-corrected chi connectivity index (χ0v) is 10.8. The van der Waals surface area contributed by atoms with Gasteiger partial charge in [0.15, 0.2) is 0 Å². The first-order chi connectivity index (χ1) is 9.96. The average molecular weight is 296 g/mol. The highest BCUT2D eigenvalue weighted by Crippen LogP contribution is 2.25. The van der Waals surface area contributed by atoms with Crippen molar-refractivity contribution in [2.24, 2.45) is 0 Å². The lowest BCUT2D eigenvalue weighted by atomic mass is 10.2. The zero-order valence-electron chi connectivity index (χ0n) is 10.8. The van der Waals surface area contributed by atoms with Crippen molar-refractivity contribution >= 4 is 6.29 Å². The number of hydrogen-bond donors (Lipinski definition) is 0. The van der Waals surface area contributed by atoms with Gasteiger partial charge in [-0.25, -0.2) is 0 Å². The van der Waals surface area contributed by atoms with Crippen molar-refractivity contribution in [1.29, 1.82) is 0 Å². The van der Waals surface area contributed by atoms with Crippen molar-refractivity contribution in [3.05, 3.63) is 59.7 Å².